The summed E-state index contributed by atoms with van der Waals surface area (Å²) in [7, 11) is 3.13. The van der Waals surface area contributed by atoms with Crippen LogP contribution in [0.4, 0.5) is 0 Å². The lowest BCUT2D eigenvalue weighted by Gasteiger charge is -2.18. The Labute approximate surface area is 113 Å². The van der Waals surface area contributed by atoms with Gasteiger partial charge >= 0.3 is 0 Å². The summed E-state index contributed by atoms with van der Waals surface area (Å²) < 4.78 is 0. The van der Waals surface area contributed by atoms with E-state index in [1.54, 1.807) is 7.05 Å². The van der Waals surface area contributed by atoms with Crippen molar-refractivity contribution < 1.29 is 9.63 Å². The zero-order valence-corrected chi connectivity index (χ0v) is 12.6. The molecule has 1 aromatic carbocycles. The molecular formula is C14H21NO2S. The molecule has 0 saturated carbocycles. The molecule has 0 aliphatic rings. The molecule has 0 fully saturated rings. The fraction of sp³-hybridized carbons (Fsp3) is 0.500. The lowest BCUT2D eigenvalue weighted by Crippen LogP contribution is -2.26. The molecule has 0 unspecified atom stereocenters. The molecule has 100 valence electrons. The summed E-state index contributed by atoms with van der Waals surface area (Å²) in [5.74, 6) is 0.945. The first kappa shape index (κ1) is 15.1. The third-order valence-electron chi connectivity index (χ3n) is 2.99. The Morgan fingerprint density at radius 1 is 1.39 bits per heavy atom. The minimum absolute atomic E-state index is 0.0921. The van der Waals surface area contributed by atoms with E-state index >= 15 is 0 Å². The number of hydroxylamine groups is 2. The molecule has 0 spiro atoms. The first-order chi connectivity index (χ1) is 8.56. The van der Waals surface area contributed by atoms with Crippen LogP contribution in [-0.2, 0) is 11.3 Å². The maximum absolute atomic E-state index is 12.2. The molecule has 0 atom stereocenters. The Morgan fingerprint density at radius 3 is 2.56 bits per heavy atom. The second-order valence-corrected chi connectivity index (χ2v) is 5.29. The topological polar surface area (TPSA) is 29.5 Å². The second kappa shape index (κ2) is 6.81. The van der Waals surface area contributed by atoms with Crippen LogP contribution in [0.15, 0.2) is 17.0 Å². The van der Waals surface area contributed by atoms with E-state index in [1.165, 1.54) is 22.6 Å². The van der Waals surface area contributed by atoms with Crippen LogP contribution in [-0.4, -0.2) is 30.9 Å². The van der Waals surface area contributed by atoms with Gasteiger partial charge in [0.2, 0.25) is 0 Å². The number of amides is 1. The summed E-state index contributed by atoms with van der Waals surface area (Å²) in [5, 5.41) is 1.26. The quantitative estimate of drug-likeness (QED) is 0.605. The van der Waals surface area contributed by atoms with Crippen molar-refractivity contribution in [2.24, 2.45) is 0 Å². The van der Waals surface area contributed by atoms with E-state index in [9.17, 15) is 4.79 Å². The van der Waals surface area contributed by atoms with Crippen LogP contribution >= 0.6 is 11.8 Å². The van der Waals surface area contributed by atoms with Crippen LogP contribution < -0.4 is 0 Å². The van der Waals surface area contributed by atoms with E-state index in [0.717, 1.165) is 23.3 Å². The third kappa shape index (κ3) is 3.06. The molecule has 0 aromatic heterocycles. The lowest BCUT2D eigenvalue weighted by atomic mass is 9.99. The molecule has 1 amide bonds. The van der Waals surface area contributed by atoms with Crippen molar-refractivity contribution in [2.75, 3.05) is 19.9 Å². The number of carbonyl (C=O) groups excluding carboxylic acids is 1. The average Bonchev–Trinajstić information content (AvgIpc) is 2.39. The molecule has 0 saturated heterocycles. The maximum atomic E-state index is 12.2. The van der Waals surface area contributed by atoms with Gasteiger partial charge in [-0.2, -0.15) is 0 Å². The largest absolute Gasteiger partial charge is 0.277 e. The van der Waals surface area contributed by atoms with Crippen LogP contribution in [0.1, 0.15) is 35.3 Å². The summed E-state index contributed by atoms with van der Waals surface area (Å²) >= 11 is 1.81. The zero-order valence-electron chi connectivity index (χ0n) is 11.7. The van der Waals surface area contributed by atoms with E-state index in [1.807, 2.05) is 23.9 Å². The molecule has 0 heterocycles. The highest BCUT2D eigenvalue weighted by molar-refractivity contribution is 7.99. The van der Waals surface area contributed by atoms with Gasteiger partial charge in [-0.25, -0.2) is 5.06 Å². The summed E-state index contributed by atoms with van der Waals surface area (Å²) in [6, 6.07) is 3.93. The van der Waals surface area contributed by atoms with Gasteiger partial charge in [-0.05, 0) is 42.4 Å². The molecular weight excluding hydrogens is 246 g/mol. The minimum atomic E-state index is -0.0921. The van der Waals surface area contributed by atoms with Crippen molar-refractivity contribution in [3.05, 3.63) is 28.8 Å². The maximum Gasteiger partial charge on any atom is 0.277 e. The van der Waals surface area contributed by atoms with Gasteiger partial charge in [0.15, 0.2) is 0 Å². The fourth-order valence-corrected chi connectivity index (χ4v) is 2.77. The van der Waals surface area contributed by atoms with Gasteiger partial charge in [0.05, 0.1) is 7.11 Å². The number of hydrogen-bond donors (Lipinski definition) is 0. The number of thioether (sulfide) groups is 1. The van der Waals surface area contributed by atoms with Gasteiger partial charge in [0.1, 0.15) is 0 Å². The normalized spacial score (nSPS) is 10.5. The zero-order chi connectivity index (χ0) is 13.7. The van der Waals surface area contributed by atoms with E-state index < -0.39 is 0 Å². The van der Waals surface area contributed by atoms with Gasteiger partial charge in [-0.15, -0.1) is 11.8 Å². The predicted molar refractivity (Wildman–Crippen MR) is 76.1 cm³/mol. The number of benzene rings is 1. The molecule has 0 bridgehead atoms. The van der Waals surface area contributed by atoms with E-state index in [2.05, 4.69) is 20.8 Å². The fourth-order valence-electron chi connectivity index (χ4n) is 1.96. The van der Waals surface area contributed by atoms with E-state index in [-0.39, 0.29) is 5.91 Å². The van der Waals surface area contributed by atoms with Crippen LogP contribution in [0.3, 0.4) is 0 Å². The van der Waals surface area contributed by atoms with Crippen molar-refractivity contribution in [1.29, 1.82) is 0 Å². The molecule has 0 radical (unpaired) electrons. The summed E-state index contributed by atoms with van der Waals surface area (Å²) in [4.78, 5) is 18.4. The molecule has 18 heavy (non-hydrogen) atoms. The molecule has 1 rings (SSSR count). The SMILES string of the molecule is CCSc1ccc(C(=O)N(C)OC)c(CC)c1C. The minimum Gasteiger partial charge on any atom is -0.274 e. The van der Waals surface area contributed by atoms with Gasteiger partial charge in [-0.1, -0.05) is 13.8 Å². The van der Waals surface area contributed by atoms with Gasteiger partial charge in [0.25, 0.3) is 5.91 Å². The van der Waals surface area contributed by atoms with Crippen LogP contribution in [0, 0.1) is 6.92 Å². The molecule has 3 nitrogen and oxygen atoms in total. The number of nitrogens with zero attached hydrogens (tertiary/aromatic N) is 1. The first-order valence-electron chi connectivity index (χ1n) is 6.14. The monoisotopic (exact) mass is 267 g/mol. The highest BCUT2D eigenvalue weighted by Crippen LogP contribution is 2.28. The molecule has 0 aliphatic carbocycles. The Hall–Kier alpha value is -1.00. The molecule has 0 N–H and O–H groups in total. The standard InChI is InChI=1S/C14H21NO2S/c1-6-11-10(3)13(18-7-2)9-8-12(11)14(16)15(4)17-5/h8-9H,6-7H2,1-5H3. The Morgan fingerprint density at radius 2 is 2.06 bits per heavy atom. The Bertz CT molecular complexity index is 432. The molecule has 0 aliphatic heterocycles. The summed E-state index contributed by atoms with van der Waals surface area (Å²) in [6.07, 6.45) is 0.850. The van der Waals surface area contributed by atoms with E-state index in [0.29, 0.717) is 0 Å². The molecule has 4 heteroatoms. The van der Waals surface area contributed by atoms with Crippen molar-refractivity contribution in [1.82, 2.24) is 5.06 Å². The van der Waals surface area contributed by atoms with E-state index in [4.69, 9.17) is 4.84 Å². The van der Waals surface area contributed by atoms with Crippen LogP contribution in [0.5, 0.6) is 0 Å². The van der Waals surface area contributed by atoms with Crippen molar-refractivity contribution in [2.45, 2.75) is 32.1 Å². The highest BCUT2D eigenvalue weighted by Gasteiger charge is 2.17. The smallest absolute Gasteiger partial charge is 0.274 e. The van der Waals surface area contributed by atoms with Crippen LogP contribution in [0.25, 0.3) is 0 Å². The van der Waals surface area contributed by atoms with Crippen molar-refractivity contribution in [3.63, 3.8) is 0 Å². The van der Waals surface area contributed by atoms with Gasteiger partial charge in [-0.3, -0.25) is 9.63 Å². The first-order valence-corrected chi connectivity index (χ1v) is 7.12. The second-order valence-electron chi connectivity index (χ2n) is 3.99. The van der Waals surface area contributed by atoms with Gasteiger partial charge < -0.3 is 0 Å². The summed E-state index contributed by atoms with van der Waals surface area (Å²) in [6.45, 7) is 6.29. The highest BCUT2D eigenvalue weighted by atomic mass is 32.2. The van der Waals surface area contributed by atoms with Crippen LogP contribution in [0.2, 0.25) is 0 Å². The third-order valence-corrected chi connectivity index (χ3v) is 4.03. The molecule has 1 aromatic rings. The Kier molecular flexibility index (Phi) is 5.69. The van der Waals surface area contributed by atoms with Crippen molar-refractivity contribution in [3.8, 4) is 0 Å². The number of rotatable bonds is 5. The number of carbonyl (C=O) groups is 1. The summed E-state index contributed by atoms with van der Waals surface area (Å²) in [5.41, 5.74) is 3.06. The Balaban J connectivity index is 3.22. The lowest BCUT2D eigenvalue weighted by molar-refractivity contribution is -0.0757. The van der Waals surface area contributed by atoms with Gasteiger partial charge in [0, 0.05) is 17.5 Å². The van der Waals surface area contributed by atoms with Crippen molar-refractivity contribution >= 4 is 17.7 Å². The average molecular weight is 267 g/mol. The predicted octanol–water partition coefficient (Wildman–Crippen LogP) is 3.30. The number of hydrogen-bond acceptors (Lipinski definition) is 3.